The maximum atomic E-state index is 15.3. The molecule has 1 aliphatic heterocycles. The summed E-state index contributed by atoms with van der Waals surface area (Å²) in [6.45, 7) is 9.28. The smallest absolute Gasteiger partial charge is 0.257 e. The number of nitrogens with one attached hydrogen (secondary N) is 2. The molecule has 3 heterocycles. The second-order valence-electron chi connectivity index (χ2n) is 8.41. The van der Waals surface area contributed by atoms with Gasteiger partial charge >= 0.3 is 0 Å². The van der Waals surface area contributed by atoms with Gasteiger partial charge in [0, 0.05) is 25.1 Å². The number of aromatic nitrogens is 2. The first-order chi connectivity index (χ1) is 16.3. The Balaban J connectivity index is 0.00000158. The number of β-amino-alcohol motifs (C(OH)–C–C–N with tert-alkyl or cyclic N) is 1. The summed E-state index contributed by atoms with van der Waals surface area (Å²) in [5.74, 6) is -1.76. The number of carbonyl (C=O) groups is 1. The molecule has 0 bridgehead atoms. The Kier molecular flexibility index (Phi) is 8.22. The number of likely N-dealkylation sites (tertiary alicyclic amines) is 1. The van der Waals surface area contributed by atoms with E-state index >= 15 is 4.39 Å². The van der Waals surface area contributed by atoms with E-state index in [0.717, 1.165) is 24.9 Å². The maximum absolute atomic E-state index is 15.3. The molecule has 0 unspecified atom stereocenters. The van der Waals surface area contributed by atoms with Gasteiger partial charge in [0.25, 0.3) is 5.91 Å². The Hall–Kier alpha value is -3.04. The molecule has 0 aliphatic carbocycles. The number of aryl methyl sites for hydroxylation is 1. The van der Waals surface area contributed by atoms with Crippen LogP contribution in [0.2, 0.25) is 0 Å². The van der Waals surface area contributed by atoms with E-state index in [9.17, 15) is 14.3 Å². The number of benzene rings is 1. The Bertz CT molecular complexity index is 1140. The molecule has 1 fully saturated rings. The van der Waals surface area contributed by atoms with Crippen LogP contribution in [0.5, 0.6) is 0 Å². The molecule has 7 nitrogen and oxygen atoms in total. The van der Waals surface area contributed by atoms with E-state index in [1.807, 2.05) is 13.8 Å². The summed E-state index contributed by atoms with van der Waals surface area (Å²) in [5.41, 5.74) is -0.322. The zero-order chi connectivity index (χ0) is 24.9. The van der Waals surface area contributed by atoms with Gasteiger partial charge in [-0.1, -0.05) is 33.3 Å². The van der Waals surface area contributed by atoms with E-state index in [1.54, 1.807) is 13.0 Å². The number of pyridine rings is 1. The lowest BCUT2D eigenvalue weighted by atomic mass is 9.93. The van der Waals surface area contributed by atoms with Crippen molar-refractivity contribution in [1.29, 1.82) is 0 Å². The largest absolute Gasteiger partial charge is 0.385 e. The quantitative estimate of drug-likeness (QED) is 0.426. The standard InChI is InChI=1S/C23H27F2N5O2.C2H6/c1-3-4-7-26-12-23(32)13-30(14-23)22(31)16-11-29-9-8-27-21(29)19(25)20(16)28-18-6-5-15(2)10-17(18)24;1-2/h5-6,8-11,26,28,32H,3-4,7,12-14H2,1-2H3;1-2H3. The van der Waals surface area contributed by atoms with Crippen molar-refractivity contribution in [1.82, 2.24) is 19.6 Å². The number of amides is 1. The van der Waals surface area contributed by atoms with Crippen molar-refractivity contribution in [3.8, 4) is 0 Å². The lowest BCUT2D eigenvalue weighted by Crippen LogP contribution is -2.67. The van der Waals surface area contributed by atoms with E-state index in [-0.39, 0.29) is 35.7 Å². The molecule has 3 N–H and O–H groups in total. The van der Waals surface area contributed by atoms with Gasteiger partial charge in [0.15, 0.2) is 11.5 Å². The molecule has 0 saturated carbocycles. The van der Waals surface area contributed by atoms with E-state index in [0.29, 0.717) is 6.54 Å². The number of carbonyl (C=O) groups excluding carboxylic acids is 1. The Morgan fingerprint density at radius 2 is 2.00 bits per heavy atom. The highest BCUT2D eigenvalue weighted by Gasteiger charge is 2.44. The predicted molar refractivity (Wildman–Crippen MR) is 130 cm³/mol. The molecule has 3 aromatic rings. The van der Waals surface area contributed by atoms with Gasteiger partial charge in [-0.3, -0.25) is 4.79 Å². The highest BCUT2D eigenvalue weighted by molar-refractivity contribution is 6.01. The molecule has 0 spiro atoms. The van der Waals surface area contributed by atoms with Crippen LogP contribution in [-0.4, -0.2) is 57.1 Å². The van der Waals surface area contributed by atoms with Crippen molar-refractivity contribution in [3.63, 3.8) is 0 Å². The fraction of sp³-hybridized carbons (Fsp3) is 0.440. The van der Waals surface area contributed by atoms with E-state index in [2.05, 4.69) is 22.5 Å². The maximum Gasteiger partial charge on any atom is 0.257 e. The number of aliphatic hydroxyl groups is 1. The monoisotopic (exact) mass is 473 g/mol. The van der Waals surface area contributed by atoms with Gasteiger partial charge < -0.3 is 25.0 Å². The van der Waals surface area contributed by atoms with Gasteiger partial charge in [-0.05, 0) is 37.6 Å². The van der Waals surface area contributed by atoms with Gasteiger partial charge in [-0.25, -0.2) is 13.8 Å². The number of anilines is 2. The van der Waals surface area contributed by atoms with Crippen LogP contribution in [0.1, 0.15) is 49.5 Å². The number of unbranched alkanes of at least 4 members (excludes halogenated alkanes) is 1. The van der Waals surface area contributed by atoms with E-state index in [1.165, 1.54) is 40.0 Å². The zero-order valence-electron chi connectivity index (χ0n) is 20.2. The van der Waals surface area contributed by atoms with E-state index < -0.39 is 23.1 Å². The number of rotatable bonds is 8. The molecule has 0 radical (unpaired) electrons. The molecule has 9 heteroatoms. The second kappa shape index (κ2) is 10.9. The number of halogens is 2. The molecular formula is C25H33F2N5O2. The average molecular weight is 474 g/mol. The third-order valence-electron chi connectivity index (χ3n) is 5.66. The Labute approximate surface area is 198 Å². The fourth-order valence-electron chi connectivity index (χ4n) is 3.87. The zero-order valence-corrected chi connectivity index (χ0v) is 20.2. The molecule has 2 aromatic heterocycles. The molecule has 1 aromatic carbocycles. The van der Waals surface area contributed by atoms with E-state index in [4.69, 9.17) is 0 Å². The minimum atomic E-state index is -1.02. The van der Waals surface area contributed by atoms with Crippen LogP contribution in [0.3, 0.4) is 0 Å². The van der Waals surface area contributed by atoms with Crippen LogP contribution in [0.25, 0.3) is 5.65 Å². The number of hydrogen-bond donors (Lipinski definition) is 3. The first kappa shape index (κ1) is 25.6. The molecule has 1 saturated heterocycles. The molecule has 0 atom stereocenters. The topological polar surface area (TPSA) is 81.9 Å². The third-order valence-corrected chi connectivity index (χ3v) is 5.66. The SMILES string of the molecule is CC.CCCCNCC1(O)CN(C(=O)c2cn3ccnc3c(F)c2Nc2ccc(C)cc2F)C1. The highest BCUT2D eigenvalue weighted by atomic mass is 19.1. The summed E-state index contributed by atoms with van der Waals surface area (Å²) in [5, 5.41) is 16.6. The molecular weight excluding hydrogens is 440 g/mol. The lowest BCUT2D eigenvalue weighted by molar-refractivity contribution is -0.0784. The Morgan fingerprint density at radius 1 is 1.26 bits per heavy atom. The summed E-state index contributed by atoms with van der Waals surface area (Å²) in [6, 6.07) is 4.52. The lowest BCUT2D eigenvalue weighted by Gasteiger charge is -2.46. The Morgan fingerprint density at radius 3 is 2.68 bits per heavy atom. The molecule has 34 heavy (non-hydrogen) atoms. The average Bonchev–Trinajstić information content (AvgIpc) is 3.28. The molecule has 184 valence electrons. The van der Waals surface area contributed by atoms with Crippen LogP contribution < -0.4 is 10.6 Å². The minimum absolute atomic E-state index is 0.0248. The van der Waals surface area contributed by atoms with Crippen molar-refractivity contribution in [2.75, 3.05) is 31.5 Å². The minimum Gasteiger partial charge on any atom is -0.385 e. The normalized spacial score (nSPS) is 14.4. The van der Waals surface area contributed by atoms with Gasteiger partial charge in [0.05, 0.1) is 30.0 Å². The van der Waals surface area contributed by atoms with Gasteiger partial charge in [0.1, 0.15) is 11.4 Å². The summed E-state index contributed by atoms with van der Waals surface area (Å²) < 4.78 is 31.1. The molecule has 1 amide bonds. The van der Waals surface area contributed by atoms with Gasteiger partial charge in [-0.15, -0.1) is 0 Å². The van der Waals surface area contributed by atoms with Crippen molar-refractivity contribution < 1.29 is 18.7 Å². The summed E-state index contributed by atoms with van der Waals surface area (Å²) in [7, 11) is 0. The predicted octanol–water partition coefficient (Wildman–Crippen LogP) is 4.27. The first-order valence-electron chi connectivity index (χ1n) is 11.7. The van der Waals surface area contributed by atoms with Gasteiger partial charge in [0.2, 0.25) is 0 Å². The number of imidazole rings is 1. The first-order valence-corrected chi connectivity index (χ1v) is 11.7. The number of hydrogen-bond acceptors (Lipinski definition) is 5. The van der Waals surface area contributed by atoms with Gasteiger partial charge in [-0.2, -0.15) is 0 Å². The molecule has 4 rings (SSSR count). The number of nitrogens with zero attached hydrogens (tertiary/aromatic N) is 3. The van der Waals surface area contributed by atoms with Crippen LogP contribution >= 0.6 is 0 Å². The fourth-order valence-corrected chi connectivity index (χ4v) is 3.87. The summed E-state index contributed by atoms with van der Waals surface area (Å²) in [4.78, 5) is 18.7. The second-order valence-corrected chi connectivity index (χ2v) is 8.41. The van der Waals surface area contributed by atoms with Crippen LogP contribution in [0, 0.1) is 18.6 Å². The van der Waals surface area contributed by atoms with Crippen molar-refractivity contribution in [2.45, 2.75) is 46.1 Å². The van der Waals surface area contributed by atoms with Crippen molar-refractivity contribution >= 4 is 22.9 Å². The molecule has 1 aliphatic rings. The highest BCUT2D eigenvalue weighted by Crippen LogP contribution is 2.31. The van der Waals surface area contributed by atoms with Crippen molar-refractivity contribution in [2.24, 2.45) is 0 Å². The van der Waals surface area contributed by atoms with Crippen molar-refractivity contribution in [3.05, 3.63) is 59.6 Å². The summed E-state index contributed by atoms with van der Waals surface area (Å²) in [6.07, 6.45) is 6.49. The van der Waals surface area contributed by atoms with Crippen LogP contribution in [-0.2, 0) is 0 Å². The number of fused-ring (bicyclic) bond motifs is 1. The third kappa shape index (κ3) is 5.37. The van der Waals surface area contributed by atoms with Crippen LogP contribution in [0.15, 0.2) is 36.8 Å². The van der Waals surface area contributed by atoms with Crippen LogP contribution in [0.4, 0.5) is 20.2 Å². The summed E-state index contributed by atoms with van der Waals surface area (Å²) >= 11 is 0.